The summed E-state index contributed by atoms with van der Waals surface area (Å²) >= 11 is 0. The van der Waals surface area contributed by atoms with Crippen molar-refractivity contribution in [3.05, 3.63) is 41.9 Å². The predicted molar refractivity (Wildman–Crippen MR) is 130 cm³/mol. The number of alkyl carbamates (subject to hydrolysis) is 1. The monoisotopic (exact) mass is 452 g/mol. The van der Waals surface area contributed by atoms with Crippen LogP contribution in [-0.2, 0) is 9.53 Å². The molecule has 1 aliphatic rings. The van der Waals surface area contributed by atoms with E-state index in [0.717, 1.165) is 48.1 Å². The van der Waals surface area contributed by atoms with Crippen LogP contribution in [-0.4, -0.2) is 33.6 Å². The first-order chi connectivity index (χ1) is 15.5. The van der Waals surface area contributed by atoms with Crippen LogP contribution in [0.2, 0.25) is 0 Å². The summed E-state index contributed by atoms with van der Waals surface area (Å²) in [4.78, 5) is 34.4. The number of aromatic nitrogens is 2. The van der Waals surface area contributed by atoms with E-state index in [2.05, 4.69) is 27.5 Å². The van der Waals surface area contributed by atoms with Gasteiger partial charge in [0.05, 0.1) is 0 Å². The molecule has 0 aliphatic heterocycles. The van der Waals surface area contributed by atoms with E-state index in [0.29, 0.717) is 11.7 Å². The van der Waals surface area contributed by atoms with Gasteiger partial charge in [0.2, 0.25) is 5.91 Å². The smallest absolute Gasteiger partial charge is 0.408 e. The highest BCUT2D eigenvalue weighted by molar-refractivity contribution is 5.96. The molecule has 1 saturated carbocycles. The van der Waals surface area contributed by atoms with Crippen LogP contribution in [0, 0.1) is 25.7 Å². The zero-order chi connectivity index (χ0) is 24.2. The fourth-order valence-electron chi connectivity index (χ4n) is 4.24. The maximum absolute atomic E-state index is 13.2. The number of hydrogen-bond donors (Lipinski definition) is 2. The van der Waals surface area contributed by atoms with Crippen molar-refractivity contribution in [2.45, 2.75) is 78.9 Å². The Kier molecular flexibility index (Phi) is 7.72. The van der Waals surface area contributed by atoms with Gasteiger partial charge >= 0.3 is 6.09 Å². The van der Waals surface area contributed by atoms with E-state index in [9.17, 15) is 9.59 Å². The number of carbonyl (C=O) groups excluding carboxylic acids is 2. The van der Waals surface area contributed by atoms with E-state index in [1.807, 2.05) is 26.0 Å². The highest BCUT2D eigenvalue weighted by Crippen LogP contribution is 2.31. The van der Waals surface area contributed by atoms with E-state index < -0.39 is 17.7 Å². The lowest BCUT2D eigenvalue weighted by atomic mass is 9.79. The summed E-state index contributed by atoms with van der Waals surface area (Å²) in [6.07, 6.45) is 6.82. The lowest BCUT2D eigenvalue weighted by molar-refractivity contribution is -0.119. The molecule has 2 aromatic rings. The van der Waals surface area contributed by atoms with Crippen LogP contribution in [0.15, 0.2) is 30.6 Å². The summed E-state index contributed by atoms with van der Waals surface area (Å²) < 4.78 is 5.42. The van der Waals surface area contributed by atoms with Crippen molar-refractivity contribution in [3.63, 3.8) is 0 Å². The number of hydrogen-bond acceptors (Lipinski definition) is 5. The highest BCUT2D eigenvalue weighted by Gasteiger charge is 2.34. The summed E-state index contributed by atoms with van der Waals surface area (Å²) in [6.45, 7) is 11.7. The molecule has 0 saturated heterocycles. The Balaban J connectivity index is 1.74. The Morgan fingerprint density at radius 3 is 2.36 bits per heavy atom. The summed E-state index contributed by atoms with van der Waals surface area (Å²) in [6, 6.07) is 5.01. The number of nitrogens with one attached hydrogen (secondary N) is 2. The van der Waals surface area contributed by atoms with E-state index in [4.69, 9.17) is 4.74 Å². The average Bonchev–Trinajstić information content (AvgIpc) is 2.74. The third-order valence-electron chi connectivity index (χ3n) is 6.27. The summed E-state index contributed by atoms with van der Waals surface area (Å²) in [7, 11) is 0. The van der Waals surface area contributed by atoms with Gasteiger partial charge in [-0.3, -0.25) is 9.78 Å². The van der Waals surface area contributed by atoms with Gasteiger partial charge in [0, 0.05) is 23.7 Å². The lowest BCUT2D eigenvalue weighted by Gasteiger charge is -2.32. The summed E-state index contributed by atoms with van der Waals surface area (Å²) in [5.41, 5.74) is 3.47. The Bertz CT molecular complexity index is 974. The first-order valence-corrected chi connectivity index (χ1v) is 11.7. The molecule has 2 heterocycles. The topological polar surface area (TPSA) is 93.2 Å². The fraction of sp³-hybridized carbons (Fsp3) is 0.538. The van der Waals surface area contributed by atoms with Crippen molar-refractivity contribution in [1.82, 2.24) is 15.3 Å². The maximum Gasteiger partial charge on any atom is 0.408 e. The number of rotatable bonds is 5. The average molecular weight is 453 g/mol. The molecule has 7 nitrogen and oxygen atoms in total. The minimum absolute atomic E-state index is 0.0652. The van der Waals surface area contributed by atoms with Crippen molar-refractivity contribution in [1.29, 1.82) is 0 Å². The third kappa shape index (κ3) is 6.76. The van der Waals surface area contributed by atoms with Gasteiger partial charge in [-0.25, -0.2) is 9.78 Å². The van der Waals surface area contributed by atoms with E-state index in [-0.39, 0.29) is 11.8 Å². The molecule has 0 radical (unpaired) electrons. The Morgan fingerprint density at radius 2 is 1.76 bits per heavy atom. The number of amides is 2. The molecule has 7 heteroatoms. The van der Waals surface area contributed by atoms with E-state index in [1.54, 1.807) is 39.2 Å². The van der Waals surface area contributed by atoms with Gasteiger partial charge in [-0.15, -0.1) is 0 Å². The predicted octanol–water partition coefficient (Wildman–Crippen LogP) is 5.42. The molecular formula is C26H36N4O3. The minimum atomic E-state index is -0.668. The van der Waals surface area contributed by atoms with Crippen molar-refractivity contribution >= 4 is 17.8 Å². The van der Waals surface area contributed by atoms with Crippen molar-refractivity contribution in [2.75, 3.05) is 5.32 Å². The Hall–Kier alpha value is -2.96. The fourth-order valence-corrected chi connectivity index (χ4v) is 4.24. The van der Waals surface area contributed by atoms with Crippen LogP contribution in [0.1, 0.15) is 64.6 Å². The minimum Gasteiger partial charge on any atom is -0.444 e. The number of aryl methyl sites for hydroxylation is 1. The second kappa shape index (κ2) is 10.3. The van der Waals surface area contributed by atoms with Crippen LogP contribution in [0.4, 0.5) is 10.6 Å². The first kappa shape index (κ1) is 24.7. The zero-order valence-corrected chi connectivity index (χ0v) is 20.6. The molecule has 3 rings (SSSR count). The van der Waals surface area contributed by atoms with Gasteiger partial charge in [-0.05, 0) is 88.6 Å². The number of ether oxygens (including phenoxy) is 1. The van der Waals surface area contributed by atoms with Crippen LogP contribution in [0.25, 0.3) is 11.1 Å². The molecule has 0 bridgehead atoms. The van der Waals surface area contributed by atoms with Crippen LogP contribution in [0.5, 0.6) is 0 Å². The third-order valence-corrected chi connectivity index (χ3v) is 6.27. The number of pyridine rings is 2. The van der Waals surface area contributed by atoms with Gasteiger partial charge < -0.3 is 15.4 Å². The first-order valence-electron chi connectivity index (χ1n) is 11.7. The molecule has 2 aromatic heterocycles. The molecule has 2 N–H and O–H groups in total. The molecule has 0 unspecified atom stereocenters. The van der Waals surface area contributed by atoms with E-state index in [1.165, 1.54) is 0 Å². The Labute approximate surface area is 196 Å². The highest BCUT2D eigenvalue weighted by atomic mass is 16.6. The normalized spacial score (nSPS) is 19.5. The number of carbonyl (C=O) groups is 2. The summed E-state index contributed by atoms with van der Waals surface area (Å²) in [5.74, 6) is 0.889. The molecule has 0 spiro atoms. The zero-order valence-electron chi connectivity index (χ0n) is 20.6. The molecule has 0 aromatic carbocycles. The van der Waals surface area contributed by atoms with Gasteiger partial charge in [0.25, 0.3) is 0 Å². The number of anilines is 1. The van der Waals surface area contributed by atoms with Crippen molar-refractivity contribution < 1.29 is 14.3 Å². The number of nitrogens with zero attached hydrogens (tertiary/aromatic N) is 2. The van der Waals surface area contributed by atoms with Gasteiger partial charge in [0.1, 0.15) is 17.5 Å². The standard InChI is InChI=1S/C26H36N4O3/c1-16-7-9-19(10-8-16)23(30-25(32)33-26(4,5)6)24(31)29-22-12-11-20(15-28-22)21-13-14-27-18(3)17(21)2/h11-16,19,23H,7-10H2,1-6H3,(H,30,32)(H,28,29,31)/t16?,19?,23-/m0/s1. The second-order valence-electron chi connectivity index (χ2n) is 10.1. The van der Waals surface area contributed by atoms with Crippen molar-refractivity contribution in [3.8, 4) is 11.1 Å². The molecule has 1 aliphatic carbocycles. The SMILES string of the molecule is Cc1nccc(-c2ccc(NC(=O)[C@@H](NC(=O)OC(C)(C)C)C3CCC(C)CC3)nc2)c1C. The summed E-state index contributed by atoms with van der Waals surface area (Å²) in [5, 5.41) is 5.71. The Morgan fingerprint density at radius 1 is 1.06 bits per heavy atom. The molecular weight excluding hydrogens is 416 g/mol. The van der Waals surface area contributed by atoms with Crippen LogP contribution in [0.3, 0.4) is 0 Å². The molecule has 1 fully saturated rings. The van der Waals surface area contributed by atoms with Gasteiger partial charge in [-0.1, -0.05) is 19.8 Å². The van der Waals surface area contributed by atoms with E-state index >= 15 is 0 Å². The van der Waals surface area contributed by atoms with Crippen LogP contribution < -0.4 is 10.6 Å². The van der Waals surface area contributed by atoms with Gasteiger partial charge in [0.15, 0.2) is 0 Å². The lowest BCUT2D eigenvalue weighted by Crippen LogP contribution is -2.50. The molecule has 2 amide bonds. The maximum atomic E-state index is 13.2. The second-order valence-corrected chi connectivity index (χ2v) is 10.1. The van der Waals surface area contributed by atoms with Gasteiger partial charge in [-0.2, -0.15) is 0 Å². The quantitative estimate of drug-likeness (QED) is 0.632. The largest absolute Gasteiger partial charge is 0.444 e. The molecule has 1 atom stereocenters. The molecule has 178 valence electrons. The van der Waals surface area contributed by atoms with Crippen LogP contribution >= 0.6 is 0 Å². The molecule has 33 heavy (non-hydrogen) atoms. The van der Waals surface area contributed by atoms with Crippen molar-refractivity contribution in [2.24, 2.45) is 11.8 Å².